The van der Waals surface area contributed by atoms with Crippen LogP contribution < -0.4 is 10.9 Å². The third-order valence-electron chi connectivity index (χ3n) is 4.81. The average Bonchev–Trinajstić information content (AvgIpc) is 2.61. The first-order valence-corrected chi connectivity index (χ1v) is 8.46. The van der Waals surface area contributed by atoms with Gasteiger partial charge in [0.1, 0.15) is 5.65 Å². The number of rotatable bonds is 5. The fourth-order valence-corrected chi connectivity index (χ4v) is 3.07. The van der Waals surface area contributed by atoms with Gasteiger partial charge in [-0.25, -0.2) is 4.98 Å². The molecule has 0 aliphatic carbocycles. The first-order chi connectivity index (χ1) is 12.2. The van der Waals surface area contributed by atoms with Crippen LogP contribution in [0.5, 0.6) is 0 Å². The molecular formula is C19H20N4O2. The van der Waals surface area contributed by atoms with E-state index in [0.29, 0.717) is 31.4 Å². The van der Waals surface area contributed by atoms with Crippen LogP contribution in [-0.4, -0.2) is 27.7 Å². The lowest BCUT2D eigenvalue weighted by Gasteiger charge is -2.41. The first-order valence-electron chi connectivity index (χ1n) is 8.46. The van der Waals surface area contributed by atoms with Gasteiger partial charge in [0, 0.05) is 35.3 Å². The van der Waals surface area contributed by atoms with E-state index >= 15 is 0 Å². The van der Waals surface area contributed by atoms with Crippen molar-refractivity contribution < 1.29 is 4.74 Å². The van der Waals surface area contributed by atoms with E-state index < -0.39 is 0 Å². The molecule has 6 nitrogen and oxygen atoms in total. The highest BCUT2D eigenvalue weighted by molar-refractivity contribution is 5.75. The van der Waals surface area contributed by atoms with Crippen LogP contribution in [0.2, 0.25) is 0 Å². The van der Waals surface area contributed by atoms with E-state index in [9.17, 15) is 4.79 Å². The van der Waals surface area contributed by atoms with Gasteiger partial charge < -0.3 is 10.1 Å². The Bertz CT molecular complexity index is 943. The fraction of sp³-hybridized carbons (Fsp3) is 0.316. The number of nitrogens with one attached hydrogen (secondary N) is 1. The Kier molecular flexibility index (Phi) is 3.97. The molecule has 128 valence electrons. The molecule has 0 unspecified atom stereocenters. The number of benzene rings is 1. The van der Waals surface area contributed by atoms with Crippen molar-refractivity contribution in [3.63, 3.8) is 0 Å². The quantitative estimate of drug-likeness (QED) is 0.776. The largest absolute Gasteiger partial charge is 0.380 e. The molecule has 25 heavy (non-hydrogen) atoms. The van der Waals surface area contributed by atoms with Crippen molar-refractivity contribution in [3.05, 3.63) is 59.0 Å². The Balaban J connectivity index is 1.75. The standard InChI is InChI=1S/C19H20N4O2/c1-2-19(12-25-13-19)11-23-16(24)9-8-14-10-20-18(22-17(14)23)21-15-6-4-3-5-7-15/h3-10H,2,11-13H2,1H3,(H,20,21,22). The van der Waals surface area contributed by atoms with Gasteiger partial charge in [0.2, 0.25) is 5.95 Å². The number of hydrogen-bond donors (Lipinski definition) is 1. The molecule has 3 aromatic rings. The van der Waals surface area contributed by atoms with Gasteiger partial charge in [-0.05, 0) is 24.6 Å². The van der Waals surface area contributed by atoms with Crippen molar-refractivity contribution in [3.8, 4) is 0 Å². The molecule has 0 bridgehead atoms. The van der Waals surface area contributed by atoms with Crippen LogP contribution in [0.4, 0.5) is 11.6 Å². The summed E-state index contributed by atoms with van der Waals surface area (Å²) in [5.74, 6) is 0.480. The number of hydrogen-bond acceptors (Lipinski definition) is 5. The number of pyridine rings is 1. The molecule has 1 saturated heterocycles. The minimum absolute atomic E-state index is 0.0239. The summed E-state index contributed by atoms with van der Waals surface area (Å²) in [6.45, 7) is 4.12. The molecule has 2 aromatic heterocycles. The highest BCUT2D eigenvalue weighted by Crippen LogP contribution is 2.33. The maximum absolute atomic E-state index is 12.5. The lowest BCUT2D eigenvalue weighted by molar-refractivity contribution is -0.123. The zero-order chi connectivity index (χ0) is 17.3. The van der Waals surface area contributed by atoms with Gasteiger partial charge in [0.15, 0.2) is 0 Å². The van der Waals surface area contributed by atoms with Crippen molar-refractivity contribution in [1.82, 2.24) is 14.5 Å². The summed E-state index contributed by atoms with van der Waals surface area (Å²) in [7, 11) is 0. The SMILES string of the molecule is CCC1(Cn2c(=O)ccc3cnc(Nc4ccccc4)nc32)COC1. The highest BCUT2D eigenvalue weighted by Gasteiger charge is 2.37. The predicted molar refractivity (Wildman–Crippen MR) is 97.1 cm³/mol. The van der Waals surface area contributed by atoms with Crippen LogP contribution in [0, 0.1) is 5.41 Å². The van der Waals surface area contributed by atoms with Crippen LogP contribution in [0.15, 0.2) is 53.5 Å². The number of ether oxygens (including phenoxy) is 1. The second-order valence-corrected chi connectivity index (χ2v) is 6.57. The molecule has 0 saturated carbocycles. The first kappa shape index (κ1) is 15.8. The van der Waals surface area contributed by atoms with Crippen molar-refractivity contribution in [2.24, 2.45) is 5.41 Å². The number of anilines is 2. The second kappa shape index (κ2) is 6.29. The van der Waals surface area contributed by atoms with Gasteiger partial charge in [-0.15, -0.1) is 0 Å². The van der Waals surface area contributed by atoms with Crippen molar-refractivity contribution >= 4 is 22.7 Å². The van der Waals surface area contributed by atoms with E-state index in [2.05, 4.69) is 22.2 Å². The number of fused-ring (bicyclic) bond motifs is 1. The normalized spacial score (nSPS) is 15.7. The minimum atomic E-state index is -0.0448. The smallest absolute Gasteiger partial charge is 0.252 e. The maximum atomic E-state index is 12.5. The van der Waals surface area contributed by atoms with Crippen LogP contribution in [0.3, 0.4) is 0 Å². The molecule has 0 atom stereocenters. The summed E-state index contributed by atoms with van der Waals surface area (Å²) >= 11 is 0. The molecule has 3 heterocycles. The number of nitrogens with zero attached hydrogens (tertiary/aromatic N) is 3. The van der Waals surface area contributed by atoms with Crippen LogP contribution in [0.25, 0.3) is 11.0 Å². The number of aromatic nitrogens is 3. The summed E-state index contributed by atoms with van der Waals surface area (Å²) in [5.41, 5.74) is 1.54. The van der Waals surface area contributed by atoms with E-state index in [1.165, 1.54) is 0 Å². The Morgan fingerprint density at radius 3 is 2.68 bits per heavy atom. The number of para-hydroxylation sites is 1. The van der Waals surface area contributed by atoms with Gasteiger partial charge in [-0.1, -0.05) is 25.1 Å². The lowest BCUT2D eigenvalue weighted by atomic mass is 9.83. The monoisotopic (exact) mass is 336 g/mol. The molecule has 1 aliphatic rings. The average molecular weight is 336 g/mol. The fourth-order valence-electron chi connectivity index (χ4n) is 3.07. The van der Waals surface area contributed by atoms with Crippen molar-refractivity contribution in [2.75, 3.05) is 18.5 Å². The summed E-state index contributed by atoms with van der Waals surface area (Å²) in [5, 5.41) is 4.04. The summed E-state index contributed by atoms with van der Waals surface area (Å²) in [6, 6.07) is 13.1. The topological polar surface area (TPSA) is 69.0 Å². The van der Waals surface area contributed by atoms with Crippen LogP contribution in [-0.2, 0) is 11.3 Å². The molecule has 0 amide bonds. The molecule has 1 aliphatic heterocycles. The Morgan fingerprint density at radius 1 is 1.20 bits per heavy atom. The van der Waals surface area contributed by atoms with Gasteiger partial charge in [0.05, 0.1) is 13.2 Å². The molecule has 6 heteroatoms. The molecule has 0 spiro atoms. The van der Waals surface area contributed by atoms with E-state index in [1.807, 2.05) is 30.3 Å². The lowest BCUT2D eigenvalue weighted by Crippen LogP contribution is -2.47. The van der Waals surface area contributed by atoms with E-state index in [0.717, 1.165) is 17.5 Å². The highest BCUT2D eigenvalue weighted by atomic mass is 16.5. The molecule has 1 aromatic carbocycles. The van der Waals surface area contributed by atoms with Gasteiger partial charge in [0.25, 0.3) is 5.56 Å². The predicted octanol–water partition coefficient (Wildman–Crippen LogP) is 2.96. The molecular weight excluding hydrogens is 316 g/mol. The Labute approximate surface area is 145 Å². The maximum Gasteiger partial charge on any atom is 0.252 e. The van der Waals surface area contributed by atoms with Gasteiger partial charge in [-0.2, -0.15) is 4.98 Å². The molecule has 4 rings (SSSR count). The van der Waals surface area contributed by atoms with E-state index in [1.54, 1.807) is 22.9 Å². The molecule has 0 radical (unpaired) electrons. The summed E-state index contributed by atoms with van der Waals surface area (Å²) in [4.78, 5) is 21.4. The third-order valence-corrected chi connectivity index (χ3v) is 4.81. The zero-order valence-electron chi connectivity index (χ0n) is 14.1. The van der Waals surface area contributed by atoms with Gasteiger partial charge in [-0.3, -0.25) is 9.36 Å². The van der Waals surface area contributed by atoms with Crippen molar-refractivity contribution in [2.45, 2.75) is 19.9 Å². The third kappa shape index (κ3) is 3.00. The van der Waals surface area contributed by atoms with E-state index in [4.69, 9.17) is 4.74 Å². The van der Waals surface area contributed by atoms with Crippen LogP contribution in [0.1, 0.15) is 13.3 Å². The summed E-state index contributed by atoms with van der Waals surface area (Å²) in [6.07, 6.45) is 2.72. The minimum Gasteiger partial charge on any atom is -0.380 e. The Morgan fingerprint density at radius 2 is 2.00 bits per heavy atom. The second-order valence-electron chi connectivity index (χ2n) is 6.57. The summed E-state index contributed by atoms with van der Waals surface area (Å²) < 4.78 is 7.14. The molecule has 1 fully saturated rings. The van der Waals surface area contributed by atoms with Gasteiger partial charge >= 0.3 is 0 Å². The Hall–Kier alpha value is -2.73. The van der Waals surface area contributed by atoms with Crippen LogP contribution >= 0.6 is 0 Å². The van der Waals surface area contributed by atoms with E-state index in [-0.39, 0.29) is 11.0 Å². The van der Waals surface area contributed by atoms with Crippen molar-refractivity contribution in [1.29, 1.82) is 0 Å². The zero-order valence-corrected chi connectivity index (χ0v) is 14.1. The molecule has 1 N–H and O–H groups in total.